The van der Waals surface area contributed by atoms with E-state index in [1.807, 2.05) is 87.0 Å². The lowest BCUT2D eigenvalue weighted by Crippen LogP contribution is -2.41. The van der Waals surface area contributed by atoms with Gasteiger partial charge in [0.2, 0.25) is 0 Å². The Kier molecular flexibility index (Phi) is 5.79. The number of rotatable bonds is 4. The summed E-state index contributed by atoms with van der Waals surface area (Å²) in [6.07, 6.45) is 0.787. The minimum atomic E-state index is -0.456. The summed E-state index contributed by atoms with van der Waals surface area (Å²) in [5.41, 5.74) is 4.21. The molecule has 0 bridgehead atoms. The van der Waals surface area contributed by atoms with Crippen molar-refractivity contribution in [2.45, 2.75) is 51.9 Å². The lowest BCUT2D eigenvalue weighted by molar-refractivity contribution is 0.00578. The highest BCUT2D eigenvalue weighted by Gasteiger charge is 2.51. The molecule has 0 amide bonds. The first-order valence-electron chi connectivity index (χ1n) is 12.8. The number of hydrogen-bond donors (Lipinski definition) is 1. The van der Waals surface area contributed by atoms with Gasteiger partial charge in [-0.3, -0.25) is 0 Å². The number of aromatic nitrogens is 2. The zero-order valence-electron chi connectivity index (χ0n) is 22.0. The summed E-state index contributed by atoms with van der Waals surface area (Å²) in [6.45, 7) is 8.86. The van der Waals surface area contributed by atoms with E-state index in [1.54, 1.807) is 0 Å². The number of aryl methyl sites for hydroxylation is 2. The van der Waals surface area contributed by atoms with E-state index in [1.165, 1.54) is 0 Å². The summed E-state index contributed by atoms with van der Waals surface area (Å²) in [5, 5.41) is 18.5. The van der Waals surface area contributed by atoms with Gasteiger partial charge in [0.15, 0.2) is 0 Å². The molecule has 3 heterocycles. The first-order valence-corrected chi connectivity index (χ1v) is 12.8. The molecule has 0 saturated carbocycles. The molecule has 0 spiro atoms. The highest BCUT2D eigenvalue weighted by Crippen LogP contribution is 2.38. The first-order chi connectivity index (χ1) is 18.2. The molecule has 6 rings (SSSR count). The van der Waals surface area contributed by atoms with Gasteiger partial charge in [0, 0.05) is 17.8 Å². The van der Waals surface area contributed by atoms with Crippen molar-refractivity contribution in [1.29, 1.82) is 5.26 Å². The van der Waals surface area contributed by atoms with E-state index >= 15 is 0 Å². The maximum atomic E-state index is 10.1. The summed E-state index contributed by atoms with van der Waals surface area (Å²) in [5.74, 6) is 2.19. The summed E-state index contributed by atoms with van der Waals surface area (Å²) < 4.78 is 20.3. The molecule has 1 fully saturated rings. The molecule has 1 aromatic heterocycles. The van der Waals surface area contributed by atoms with Crippen molar-refractivity contribution in [1.82, 2.24) is 9.78 Å². The number of anilines is 2. The summed E-state index contributed by atoms with van der Waals surface area (Å²) in [7, 11) is -0.456. The predicted molar refractivity (Wildman–Crippen MR) is 148 cm³/mol. The Morgan fingerprint density at radius 1 is 0.947 bits per heavy atom. The van der Waals surface area contributed by atoms with Crippen LogP contribution in [0.25, 0.3) is 11.3 Å². The Hall–Kier alpha value is -4.06. The lowest BCUT2D eigenvalue weighted by Gasteiger charge is -2.32. The van der Waals surface area contributed by atoms with Crippen LogP contribution in [-0.4, -0.2) is 28.1 Å². The van der Waals surface area contributed by atoms with Crippen molar-refractivity contribution in [2.24, 2.45) is 0 Å². The fourth-order valence-corrected chi connectivity index (χ4v) is 4.77. The Bertz CT molecular complexity index is 1520. The number of fused-ring (bicyclic) bond motifs is 2. The van der Waals surface area contributed by atoms with Gasteiger partial charge in [-0.05, 0) is 87.6 Å². The second-order valence-electron chi connectivity index (χ2n) is 10.7. The van der Waals surface area contributed by atoms with Crippen LogP contribution in [0.15, 0.2) is 72.8 Å². The molecule has 1 N–H and O–H groups in total. The van der Waals surface area contributed by atoms with Crippen LogP contribution >= 0.6 is 0 Å². The SMILES string of the molecule is CC1(C)OB(c2ccc3c(c2)Nc2c(C#N)c(-c4ccc(Oc5ccccc5)cc4)nn2CC3)OC1(C)C. The number of hydrogen-bond acceptors (Lipinski definition) is 6. The van der Waals surface area contributed by atoms with Crippen molar-refractivity contribution in [2.75, 3.05) is 5.32 Å². The maximum absolute atomic E-state index is 10.1. The lowest BCUT2D eigenvalue weighted by atomic mass is 9.78. The zero-order chi connectivity index (χ0) is 26.5. The van der Waals surface area contributed by atoms with Gasteiger partial charge in [0.1, 0.15) is 34.6 Å². The average molecular weight is 504 g/mol. The molecule has 2 aliphatic rings. The quantitative estimate of drug-likeness (QED) is 0.353. The van der Waals surface area contributed by atoms with Crippen molar-refractivity contribution < 1.29 is 14.0 Å². The van der Waals surface area contributed by atoms with Gasteiger partial charge in [-0.15, -0.1) is 0 Å². The fraction of sp³-hybridized carbons (Fsp3) is 0.267. The highest BCUT2D eigenvalue weighted by molar-refractivity contribution is 6.62. The van der Waals surface area contributed by atoms with E-state index in [-0.39, 0.29) is 0 Å². The molecule has 0 unspecified atom stereocenters. The van der Waals surface area contributed by atoms with E-state index in [2.05, 4.69) is 29.6 Å². The fourth-order valence-electron chi connectivity index (χ4n) is 4.77. The molecular weight excluding hydrogens is 475 g/mol. The summed E-state index contributed by atoms with van der Waals surface area (Å²) in [6, 6.07) is 25.9. The van der Waals surface area contributed by atoms with Crippen molar-refractivity contribution in [3.05, 3.63) is 83.9 Å². The molecular formula is C30H29BN4O3. The smallest absolute Gasteiger partial charge is 0.457 e. The van der Waals surface area contributed by atoms with Crippen LogP contribution in [0.1, 0.15) is 38.8 Å². The molecule has 4 aromatic rings. The molecule has 8 heteroatoms. The Labute approximate surface area is 223 Å². The second kappa shape index (κ2) is 9.05. The van der Waals surface area contributed by atoms with Crippen LogP contribution < -0.4 is 15.5 Å². The molecule has 38 heavy (non-hydrogen) atoms. The van der Waals surface area contributed by atoms with Crippen LogP contribution in [0.3, 0.4) is 0 Å². The average Bonchev–Trinajstić information content (AvgIpc) is 3.28. The van der Waals surface area contributed by atoms with Gasteiger partial charge in [0.05, 0.1) is 11.2 Å². The van der Waals surface area contributed by atoms with E-state index in [0.717, 1.165) is 40.2 Å². The van der Waals surface area contributed by atoms with Crippen LogP contribution in [0.2, 0.25) is 0 Å². The third-order valence-electron chi connectivity index (χ3n) is 7.68. The van der Waals surface area contributed by atoms with E-state index in [0.29, 0.717) is 23.6 Å². The van der Waals surface area contributed by atoms with Crippen molar-refractivity contribution in [3.63, 3.8) is 0 Å². The Morgan fingerprint density at radius 3 is 2.32 bits per heavy atom. The van der Waals surface area contributed by atoms with E-state index in [4.69, 9.17) is 19.1 Å². The Balaban J connectivity index is 1.29. The molecule has 0 radical (unpaired) electrons. The predicted octanol–water partition coefficient (Wildman–Crippen LogP) is 5.81. The third-order valence-corrected chi connectivity index (χ3v) is 7.68. The van der Waals surface area contributed by atoms with Crippen LogP contribution in [0.4, 0.5) is 11.5 Å². The van der Waals surface area contributed by atoms with E-state index in [9.17, 15) is 5.26 Å². The molecule has 0 atom stereocenters. The number of benzene rings is 3. The molecule has 3 aromatic carbocycles. The maximum Gasteiger partial charge on any atom is 0.494 e. The van der Waals surface area contributed by atoms with Crippen LogP contribution in [0, 0.1) is 11.3 Å². The van der Waals surface area contributed by atoms with Gasteiger partial charge in [-0.2, -0.15) is 10.4 Å². The molecule has 7 nitrogen and oxygen atoms in total. The number of nitriles is 1. The van der Waals surface area contributed by atoms with Crippen LogP contribution in [0.5, 0.6) is 11.5 Å². The molecule has 190 valence electrons. The standard InChI is InChI=1S/C30H29BN4O3/c1-29(2)30(3,4)38-31(37-29)22-13-10-20-16-17-35-28(33-26(20)18-22)25(19-32)27(34-35)21-11-14-24(15-12-21)36-23-8-6-5-7-9-23/h5-15,18,33H,16-17H2,1-4H3. The minimum absolute atomic E-state index is 0.416. The monoisotopic (exact) mass is 504 g/mol. The molecule has 2 aliphatic heterocycles. The Morgan fingerprint density at radius 2 is 1.63 bits per heavy atom. The normalized spacial score (nSPS) is 17.1. The number of nitrogens with one attached hydrogen (secondary N) is 1. The number of ether oxygens (including phenoxy) is 1. The van der Waals surface area contributed by atoms with Gasteiger partial charge >= 0.3 is 7.12 Å². The molecule has 1 saturated heterocycles. The van der Waals surface area contributed by atoms with Crippen LogP contribution in [-0.2, 0) is 22.3 Å². The van der Waals surface area contributed by atoms with Gasteiger partial charge in [-0.25, -0.2) is 4.68 Å². The third kappa shape index (κ3) is 4.24. The van der Waals surface area contributed by atoms with Gasteiger partial charge in [-0.1, -0.05) is 30.3 Å². The highest BCUT2D eigenvalue weighted by atomic mass is 16.7. The van der Waals surface area contributed by atoms with E-state index < -0.39 is 18.3 Å². The number of nitrogens with zero attached hydrogens (tertiary/aromatic N) is 3. The first kappa shape index (κ1) is 24.3. The number of para-hydroxylation sites is 1. The minimum Gasteiger partial charge on any atom is -0.457 e. The zero-order valence-corrected chi connectivity index (χ0v) is 22.0. The summed E-state index contributed by atoms with van der Waals surface area (Å²) >= 11 is 0. The topological polar surface area (TPSA) is 81.3 Å². The second-order valence-corrected chi connectivity index (χ2v) is 10.7. The largest absolute Gasteiger partial charge is 0.494 e. The van der Waals surface area contributed by atoms with Gasteiger partial charge in [0.25, 0.3) is 0 Å². The van der Waals surface area contributed by atoms with Gasteiger partial charge < -0.3 is 19.4 Å². The molecule has 0 aliphatic carbocycles. The van der Waals surface area contributed by atoms with Crippen molar-refractivity contribution >= 4 is 24.1 Å². The van der Waals surface area contributed by atoms with Crippen molar-refractivity contribution in [3.8, 4) is 28.8 Å². The summed E-state index contributed by atoms with van der Waals surface area (Å²) in [4.78, 5) is 0.